The summed E-state index contributed by atoms with van der Waals surface area (Å²) in [6.45, 7) is 7.57. The van der Waals surface area contributed by atoms with Gasteiger partial charge in [0.1, 0.15) is 0 Å². The molecule has 2 unspecified atom stereocenters. The monoisotopic (exact) mass is 425 g/mol. The van der Waals surface area contributed by atoms with Crippen molar-refractivity contribution >= 4 is 17.3 Å². The average molecular weight is 426 g/mol. The first kappa shape index (κ1) is 21.3. The molecule has 3 heterocycles. The van der Waals surface area contributed by atoms with Crippen LogP contribution in [0.25, 0.3) is 0 Å². The minimum atomic E-state index is 0.710. The second kappa shape index (κ2) is 10.4. The third-order valence-electron chi connectivity index (χ3n) is 6.44. The van der Waals surface area contributed by atoms with Crippen molar-refractivity contribution in [2.75, 3.05) is 33.2 Å². The zero-order chi connectivity index (χ0) is 20.8. The second-order valence-electron chi connectivity index (χ2n) is 8.62. The Kier molecular flexibility index (Phi) is 7.39. The molecule has 30 heavy (non-hydrogen) atoms. The quantitative estimate of drug-likeness (QED) is 0.432. The highest BCUT2D eigenvalue weighted by Gasteiger charge is 2.36. The van der Waals surface area contributed by atoms with Gasteiger partial charge in [-0.15, -0.1) is 11.3 Å². The van der Waals surface area contributed by atoms with Crippen LogP contribution in [0.3, 0.4) is 0 Å². The SMILES string of the molecule is CN=C(NCCCc1nc(C)cs1)N1CCC2C(CCCN2Cc2ccccc2)C1. The van der Waals surface area contributed by atoms with E-state index in [2.05, 4.69) is 67.7 Å². The van der Waals surface area contributed by atoms with Gasteiger partial charge in [-0.2, -0.15) is 0 Å². The Morgan fingerprint density at radius 3 is 2.87 bits per heavy atom. The molecule has 2 aliphatic heterocycles. The molecule has 162 valence electrons. The maximum atomic E-state index is 4.59. The number of likely N-dealkylation sites (tertiary alicyclic amines) is 2. The van der Waals surface area contributed by atoms with Gasteiger partial charge in [-0.05, 0) is 50.6 Å². The van der Waals surface area contributed by atoms with Crippen molar-refractivity contribution in [2.45, 2.75) is 51.6 Å². The van der Waals surface area contributed by atoms with E-state index < -0.39 is 0 Å². The van der Waals surface area contributed by atoms with E-state index in [4.69, 9.17) is 0 Å². The Hall–Kier alpha value is -1.92. The second-order valence-corrected chi connectivity index (χ2v) is 9.56. The number of hydrogen-bond acceptors (Lipinski definition) is 4. The van der Waals surface area contributed by atoms with Gasteiger partial charge in [0, 0.05) is 56.8 Å². The van der Waals surface area contributed by atoms with Crippen molar-refractivity contribution in [3.05, 3.63) is 52.0 Å². The summed E-state index contributed by atoms with van der Waals surface area (Å²) in [6, 6.07) is 11.7. The van der Waals surface area contributed by atoms with Gasteiger partial charge in [0.15, 0.2) is 5.96 Å². The molecule has 0 aliphatic carbocycles. The lowest BCUT2D eigenvalue weighted by Crippen LogP contribution is -2.56. The topological polar surface area (TPSA) is 43.8 Å². The minimum absolute atomic E-state index is 0.710. The molecule has 2 saturated heterocycles. The molecule has 5 nitrogen and oxygen atoms in total. The molecule has 2 fully saturated rings. The molecule has 0 radical (unpaired) electrons. The van der Waals surface area contributed by atoms with Crippen LogP contribution in [-0.2, 0) is 13.0 Å². The lowest BCUT2D eigenvalue weighted by molar-refractivity contribution is 0.0372. The molecule has 1 aromatic heterocycles. The van der Waals surface area contributed by atoms with E-state index >= 15 is 0 Å². The van der Waals surface area contributed by atoms with E-state index in [1.807, 2.05) is 7.05 Å². The van der Waals surface area contributed by atoms with Gasteiger partial charge in [-0.25, -0.2) is 4.98 Å². The smallest absolute Gasteiger partial charge is 0.193 e. The Labute approximate surface area is 185 Å². The normalized spacial score (nSPS) is 22.7. The van der Waals surface area contributed by atoms with Gasteiger partial charge in [-0.1, -0.05) is 30.3 Å². The number of nitrogens with one attached hydrogen (secondary N) is 1. The number of aliphatic imine (C=N–C) groups is 1. The summed E-state index contributed by atoms with van der Waals surface area (Å²) in [5, 5.41) is 6.98. The van der Waals surface area contributed by atoms with Crippen LogP contribution in [0.2, 0.25) is 0 Å². The fraction of sp³-hybridized carbons (Fsp3) is 0.583. The Morgan fingerprint density at radius 1 is 1.23 bits per heavy atom. The number of piperidine rings is 2. The molecule has 2 aliphatic rings. The summed E-state index contributed by atoms with van der Waals surface area (Å²) < 4.78 is 0. The highest BCUT2D eigenvalue weighted by molar-refractivity contribution is 7.09. The van der Waals surface area contributed by atoms with Gasteiger partial charge >= 0.3 is 0 Å². The van der Waals surface area contributed by atoms with Crippen LogP contribution in [0.5, 0.6) is 0 Å². The van der Waals surface area contributed by atoms with Gasteiger partial charge in [0.05, 0.1) is 5.01 Å². The van der Waals surface area contributed by atoms with Crippen molar-refractivity contribution in [1.29, 1.82) is 0 Å². The summed E-state index contributed by atoms with van der Waals surface area (Å²) >= 11 is 1.77. The number of thiazole rings is 1. The number of aryl methyl sites for hydroxylation is 2. The van der Waals surface area contributed by atoms with Crippen LogP contribution in [0, 0.1) is 12.8 Å². The van der Waals surface area contributed by atoms with Crippen molar-refractivity contribution in [1.82, 2.24) is 20.1 Å². The van der Waals surface area contributed by atoms with Crippen molar-refractivity contribution < 1.29 is 0 Å². The number of guanidine groups is 1. The number of aromatic nitrogens is 1. The van der Waals surface area contributed by atoms with Crippen LogP contribution in [-0.4, -0.2) is 60.0 Å². The maximum absolute atomic E-state index is 4.59. The first-order chi connectivity index (χ1) is 14.7. The minimum Gasteiger partial charge on any atom is -0.356 e. The first-order valence-electron chi connectivity index (χ1n) is 11.4. The average Bonchev–Trinajstić information content (AvgIpc) is 3.19. The fourth-order valence-corrected chi connectivity index (χ4v) is 5.82. The van der Waals surface area contributed by atoms with Gasteiger partial charge in [-0.3, -0.25) is 9.89 Å². The Morgan fingerprint density at radius 2 is 2.10 bits per heavy atom. The number of benzene rings is 1. The van der Waals surface area contributed by atoms with Crippen molar-refractivity contribution in [3.63, 3.8) is 0 Å². The molecule has 0 saturated carbocycles. The Balaban J connectivity index is 1.27. The fourth-order valence-electron chi connectivity index (χ4n) is 5.00. The number of fused-ring (bicyclic) bond motifs is 1. The van der Waals surface area contributed by atoms with E-state index in [1.165, 1.54) is 36.4 Å². The van der Waals surface area contributed by atoms with Crippen molar-refractivity contribution in [3.8, 4) is 0 Å². The molecule has 0 amide bonds. The Bertz CT molecular complexity index is 818. The molecule has 1 N–H and O–H groups in total. The summed E-state index contributed by atoms with van der Waals surface area (Å²) in [5.41, 5.74) is 2.57. The zero-order valence-electron chi connectivity index (χ0n) is 18.4. The highest BCUT2D eigenvalue weighted by atomic mass is 32.1. The molecule has 4 rings (SSSR count). The van der Waals surface area contributed by atoms with Gasteiger partial charge in [0.2, 0.25) is 0 Å². The summed E-state index contributed by atoms with van der Waals surface area (Å²) in [7, 11) is 1.92. The molecule has 2 atom stereocenters. The highest BCUT2D eigenvalue weighted by Crippen LogP contribution is 2.31. The number of rotatable bonds is 6. The van der Waals surface area contributed by atoms with E-state index in [-0.39, 0.29) is 0 Å². The lowest BCUT2D eigenvalue weighted by Gasteiger charge is -2.48. The molecule has 1 aromatic carbocycles. The zero-order valence-corrected chi connectivity index (χ0v) is 19.2. The predicted molar refractivity (Wildman–Crippen MR) is 126 cm³/mol. The summed E-state index contributed by atoms with van der Waals surface area (Å²) in [4.78, 5) is 14.4. The third kappa shape index (κ3) is 5.41. The molecule has 2 aromatic rings. The van der Waals surface area contributed by atoms with Gasteiger partial charge < -0.3 is 10.2 Å². The van der Waals surface area contributed by atoms with Crippen LogP contribution in [0.4, 0.5) is 0 Å². The first-order valence-corrected chi connectivity index (χ1v) is 12.3. The summed E-state index contributed by atoms with van der Waals surface area (Å²) in [6.07, 6.45) is 6.02. The molecule has 6 heteroatoms. The van der Waals surface area contributed by atoms with Crippen LogP contribution in [0.15, 0.2) is 40.7 Å². The van der Waals surface area contributed by atoms with Crippen LogP contribution < -0.4 is 5.32 Å². The molecule has 0 bridgehead atoms. The number of hydrogen-bond donors (Lipinski definition) is 1. The van der Waals surface area contributed by atoms with Crippen LogP contribution in [0.1, 0.15) is 41.9 Å². The van der Waals surface area contributed by atoms with E-state index in [9.17, 15) is 0 Å². The third-order valence-corrected chi connectivity index (χ3v) is 7.47. The maximum Gasteiger partial charge on any atom is 0.193 e. The molecule has 0 spiro atoms. The van der Waals surface area contributed by atoms with Gasteiger partial charge in [0.25, 0.3) is 0 Å². The van der Waals surface area contributed by atoms with E-state index in [1.54, 1.807) is 11.3 Å². The summed E-state index contributed by atoms with van der Waals surface area (Å²) in [5.74, 6) is 1.82. The largest absolute Gasteiger partial charge is 0.356 e. The number of nitrogens with zero attached hydrogens (tertiary/aromatic N) is 4. The predicted octanol–water partition coefficient (Wildman–Crippen LogP) is 3.95. The van der Waals surface area contributed by atoms with Crippen LogP contribution >= 0.6 is 11.3 Å². The van der Waals surface area contributed by atoms with E-state index in [0.717, 1.165) is 56.6 Å². The van der Waals surface area contributed by atoms with E-state index in [0.29, 0.717) is 6.04 Å². The molecular formula is C24H35N5S. The lowest BCUT2D eigenvalue weighted by atomic mass is 9.83. The molecular weight excluding hydrogens is 390 g/mol. The van der Waals surface area contributed by atoms with Crippen molar-refractivity contribution in [2.24, 2.45) is 10.9 Å². The standard InChI is InChI=1S/C24H35N5S/c1-19-18-30-23(27-19)11-6-13-26-24(25-2)29-15-12-22-21(17-29)10-7-14-28(22)16-20-8-4-3-5-9-20/h3-5,8-9,18,21-22H,6-7,10-17H2,1-2H3,(H,25,26).